The number of nitrogens with zero attached hydrogens (tertiary/aromatic N) is 1. The maximum absolute atomic E-state index is 13.0. The largest absolute Gasteiger partial charge is 0.459 e. The molecule has 2 saturated heterocycles. The first kappa shape index (κ1) is 32.6. The van der Waals surface area contributed by atoms with E-state index in [0.717, 1.165) is 30.5 Å². The Labute approximate surface area is 253 Å². The number of hydrogen-bond acceptors (Lipinski definition) is 9. The number of rotatable bonds is 9. The Morgan fingerprint density at radius 2 is 1.81 bits per heavy atom. The van der Waals surface area contributed by atoms with Crippen LogP contribution in [0.15, 0.2) is 48.5 Å². The predicted octanol–water partition coefficient (Wildman–Crippen LogP) is 4.67. The smallest absolute Gasteiger partial charge is 0.323 e. The third-order valence-electron chi connectivity index (χ3n) is 7.72. The summed E-state index contributed by atoms with van der Waals surface area (Å²) in [6.45, 7) is 11.7. The van der Waals surface area contributed by atoms with Crippen LogP contribution in [-0.2, 0) is 39.9 Å². The molecule has 4 rings (SSSR count). The topological polar surface area (TPSA) is 124 Å². The summed E-state index contributed by atoms with van der Waals surface area (Å²) in [5, 5.41) is 12.3. The number of aliphatic hydroxyl groups is 1. The molecule has 0 aromatic heterocycles. The molecule has 2 heterocycles. The van der Waals surface area contributed by atoms with Gasteiger partial charge in [0.2, 0.25) is 0 Å². The fourth-order valence-electron chi connectivity index (χ4n) is 5.55. The second-order valence-electron chi connectivity index (χ2n) is 12.4. The van der Waals surface area contributed by atoms with E-state index < -0.39 is 29.9 Å². The van der Waals surface area contributed by atoms with E-state index in [0.29, 0.717) is 17.8 Å². The number of hydrogen-bond donors (Lipinski definition) is 2. The van der Waals surface area contributed by atoms with Crippen LogP contribution in [0.25, 0.3) is 0 Å². The molecule has 2 N–H and O–H groups in total. The monoisotopic (exact) mass is 596 g/mol. The number of amides is 1. The van der Waals surface area contributed by atoms with Gasteiger partial charge < -0.3 is 29.4 Å². The van der Waals surface area contributed by atoms with Crippen molar-refractivity contribution in [3.8, 4) is 0 Å². The van der Waals surface area contributed by atoms with Crippen molar-refractivity contribution in [1.29, 1.82) is 0 Å². The van der Waals surface area contributed by atoms with Crippen molar-refractivity contribution in [2.75, 3.05) is 18.4 Å². The Balaban J connectivity index is 1.58. The summed E-state index contributed by atoms with van der Waals surface area (Å²) in [5.74, 6) is -1.27. The van der Waals surface area contributed by atoms with Gasteiger partial charge in [-0.3, -0.25) is 19.3 Å². The van der Waals surface area contributed by atoms with Gasteiger partial charge in [-0.05, 0) is 70.3 Å². The van der Waals surface area contributed by atoms with Crippen LogP contribution in [0, 0.1) is 5.92 Å². The van der Waals surface area contributed by atoms with Crippen molar-refractivity contribution in [2.24, 2.45) is 5.92 Å². The van der Waals surface area contributed by atoms with Gasteiger partial charge in [0.25, 0.3) is 5.91 Å². The minimum atomic E-state index is -0.946. The fourth-order valence-corrected chi connectivity index (χ4v) is 5.55. The Hall–Kier alpha value is -3.31. The van der Waals surface area contributed by atoms with Crippen LogP contribution < -0.4 is 5.32 Å². The highest BCUT2D eigenvalue weighted by atomic mass is 16.7. The van der Waals surface area contributed by atoms with Crippen LogP contribution in [0.2, 0.25) is 0 Å². The quantitative estimate of drug-likeness (QED) is 0.398. The number of likely N-dealkylation sites (tertiary alicyclic amines) is 1. The first-order chi connectivity index (χ1) is 20.3. The molecule has 1 amide bonds. The second-order valence-corrected chi connectivity index (χ2v) is 12.4. The van der Waals surface area contributed by atoms with Crippen LogP contribution in [0.1, 0.15) is 83.5 Å². The zero-order valence-corrected chi connectivity index (χ0v) is 25.9. The van der Waals surface area contributed by atoms with E-state index in [9.17, 15) is 19.5 Å². The molecule has 0 saturated carbocycles. The summed E-state index contributed by atoms with van der Waals surface area (Å²) in [6, 6.07) is 14.5. The molecule has 0 unspecified atom stereocenters. The maximum Gasteiger partial charge on any atom is 0.323 e. The molecule has 10 nitrogen and oxygen atoms in total. The fraction of sp³-hybridized carbons (Fsp3) is 0.545. The molecule has 234 valence electrons. The summed E-state index contributed by atoms with van der Waals surface area (Å²) >= 11 is 0. The number of nitrogens with one attached hydrogen (secondary N) is 1. The number of esters is 2. The highest BCUT2D eigenvalue weighted by Gasteiger charge is 2.42. The Morgan fingerprint density at radius 3 is 2.47 bits per heavy atom. The lowest BCUT2D eigenvalue weighted by Crippen LogP contribution is -2.48. The van der Waals surface area contributed by atoms with Crippen molar-refractivity contribution >= 4 is 23.5 Å². The van der Waals surface area contributed by atoms with Gasteiger partial charge in [0.1, 0.15) is 11.6 Å². The molecule has 6 atom stereocenters. The van der Waals surface area contributed by atoms with Gasteiger partial charge in [-0.25, -0.2) is 0 Å². The van der Waals surface area contributed by atoms with Crippen molar-refractivity contribution in [3.05, 3.63) is 65.2 Å². The molecule has 0 spiro atoms. The summed E-state index contributed by atoms with van der Waals surface area (Å²) in [7, 11) is 0. The van der Waals surface area contributed by atoms with E-state index in [1.165, 1.54) is 13.8 Å². The van der Waals surface area contributed by atoms with Crippen LogP contribution >= 0.6 is 0 Å². The molecule has 2 aliphatic rings. The number of benzene rings is 2. The standard InChI is InChI=1S/C33H44N2O8/c1-20-28(18-35-16-8-11-27(35)31(39)43-33(4,5)6)41-32(42-29(20)24-14-12-23(19-36)13-15-24)25-9-7-10-26(17-25)34-30(38)21(2)40-22(3)37/h7,9-10,12-15,17,20-21,27-29,32,36H,8,11,16,18-19H2,1-6H3,(H,34,38)/t20-,21-,27-,28+,29+,32+/m0/s1. The van der Waals surface area contributed by atoms with Crippen LogP contribution in [0.5, 0.6) is 0 Å². The Morgan fingerprint density at radius 1 is 1.09 bits per heavy atom. The molecular formula is C33H44N2O8. The molecule has 2 aromatic carbocycles. The van der Waals surface area contributed by atoms with Crippen molar-refractivity contribution < 1.29 is 38.4 Å². The highest BCUT2D eigenvalue weighted by molar-refractivity contribution is 5.95. The van der Waals surface area contributed by atoms with E-state index in [-0.39, 0.29) is 36.7 Å². The van der Waals surface area contributed by atoms with E-state index in [4.69, 9.17) is 18.9 Å². The van der Waals surface area contributed by atoms with Crippen molar-refractivity contribution in [2.45, 2.75) is 97.2 Å². The van der Waals surface area contributed by atoms with Gasteiger partial charge in [0, 0.05) is 30.6 Å². The van der Waals surface area contributed by atoms with Crippen LogP contribution in [0.4, 0.5) is 5.69 Å². The lowest BCUT2D eigenvalue weighted by atomic mass is 9.90. The van der Waals surface area contributed by atoms with Crippen LogP contribution in [0.3, 0.4) is 0 Å². The minimum absolute atomic E-state index is 0.0503. The number of carbonyl (C=O) groups is 3. The Bertz CT molecular complexity index is 1270. The van der Waals surface area contributed by atoms with Gasteiger partial charge in [0.15, 0.2) is 12.4 Å². The molecule has 2 fully saturated rings. The first-order valence-electron chi connectivity index (χ1n) is 14.9. The molecule has 0 aliphatic carbocycles. The third-order valence-corrected chi connectivity index (χ3v) is 7.72. The van der Waals surface area contributed by atoms with Crippen molar-refractivity contribution in [3.63, 3.8) is 0 Å². The van der Waals surface area contributed by atoms with Gasteiger partial charge in [-0.2, -0.15) is 0 Å². The van der Waals surface area contributed by atoms with Gasteiger partial charge in [-0.1, -0.05) is 43.3 Å². The maximum atomic E-state index is 13.0. The first-order valence-corrected chi connectivity index (χ1v) is 14.9. The molecule has 2 aromatic rings. The summed E-state index contributed by atoms with van der Waals surface area (Å²) in [6.07, 6.45) is -0.694. The lowest BCUT2D eigenvalue weighted by Gasteiger charge is -2.43. The normalized spacial score (nSPS) is 25.1. The Kier molecular flexibility index (Phi) is 10.6. The number of ether oxygens (including phenoxy) is 4. The van der Waals surface area contributed by atoms with E-state index >= 15 is 0 Å². The predicted molar refractivity (Wildman–Crippen MR) is 160 cm³/mol. The average molecular weight is 597 g/mol. The van der Waals surface area contributed by atoms with E-state index in [1.54, 1.807) is 18.2 Å². The number of anilines is 1. The molecule has 0 bridgehead atoms. The number of carbonyl (C=O) groups excluding carboxylic acids is 3. The van der Waals surface area contributed by atoms with Gasteiger partial charge in [-0.15, -0.1) is 0 Å². The lowest BCUT2D eigenvalue weighted by molar-refractivity contribution is -0.276. The molecule has 43 heavy (non-hydrogen) atoms. The zero-order valence-electron chi connectivity index (χ0n) is 25.9. The van der Waals surface area contributed by atoms with Crippen molar-refractivity contribution in [1.82, 2.24) is 4.90 Å². The molecular weight excluding hydrogens is 552 g/mol. The highest BCUT2D eigenvalue weighted by Crippen LogP contribution is 2.42. The average Bonchev–Trinajstić information content (AvgIpc) is 3.41. The number of aliphatic hydroxyl groups excluding tert-OH is 1. The van der Waals surface area contributed by atoms with Gasteiger partial charge >= 0.3 is 11.9 Å². The third kappa shape index (κ3) is 8.63. The second kappa shape index (κ2) is 14.0. The van der Waals surface area contributed by atoms with Gasteiger partial charge in [0.05, 0.1) is 18.8 Å². The zero-order chi connectivity index (χ0) is 31.3. The van der Waals surface area contributed by atoms with E-state index in [2.05, 4.69) is 17.1 Å². The minimum Gasteiger partial charge on any atom is -0.459 e. The SMILES string of the molecule is CC(=O)O[C@@H](C)C(=O)Nc1cccc([C@@H]2O[C@H](CN3CCC[C@H]3C(=O)OC(C)(C)C)[C@H](C)[C@H](c3ccc(CO)cc3)O2)c1. The van der Waals surface area contributed by atoms with E-state index in [1.807, 2.05) is 51.1 Å². The summed E-state index contributed by atoms with van der Waals surface area (Å²) in [4.78, 5) is 39.0. The molecule has 2 aliphatic heterocycles. The summed E-state index contributed by atoms with van der Waals surface area (Å²) in [5.41, 5.74) is 2.41. The molecule has 10 heteroatoms. The van der Waals surface area contributed by atoms with Crippen LogP contribution in [-0.4, -0.2) is 64.8 Å². The molecule has 0 radical (unpaired) electrons. The summed E-state index contributed by atoms with van der Waals surface area (Å²) < 4.78 is 23.9.